The van der Waals surface area contributed by atoms with Crippen molar-refractivity contribution >= 4 is 23.0 Å². The van der Waals surface area contributed by atoms with Crippen LogP contribution in [0.1, 0.15) is 5.56 Å². The zero-order valence-corrected chi connectivity index (χ0v) is 11.8. The molecule has 3 nitrogen and oxygen atoms in total. The Hall–Kier alpha value is -1.71. The van der Waals surface area contributed by atoms with E-state index in [1.54, 1.807) is 7.11 Å². The van der Waals surface area contributed by atoms with Gasteiger partial charge in [0.1, 0.15) is 5.75 Å². The molecule has 2 rings (SSSR count). The summed E-state index contributed by atoms with van der Waals surface area (Å²) in [5.41, 5.74) is 8.73. The molecule has 100 valence electrons. The molecule has 0 bridgehead atoms. The van der Waals surface area contributed by atoms with Gasteiger partial charge in [-0.15, -0.1) is 0 Å². The Bertz CT molecular complexity index is 572. The van der Waals surface area contributed by atoms with Crippen LogP contribution in [0.5, 0.6) is 5.75 Å². The van der Waals surface area contributed by atoms with Crippen molar-refractivity contribution < 1.29 is 4.74 Å². The molecule has 0 heterocycles. The molecule has 0 aliphatic heterocycles. The van der Waals surface area contributed by atoms with E-state index in [0.29, 0.717) is 11.6 Å². The lowest BCUT2D eigenvalue weighted by atomic mass is 10.1. The molecule has 0 atom stereocenters. The van der Waals surface area contributed by atoms with Crippen LogP contribution in [-0.4, -0.2) is 14.2 Å². The van der Waals surface area contributed by atoms with Crippen molar-refractivity contribution in [1.29, 1.82) is 0 Å². The van der Waals surface area contributed by atoms with Crippen molar-refractivity contribution in [2.75, 3.05) is 19.1 Å². The summed E-state index contributed by atoms with van der Waals surface area (Å²) in [6.45, 7) is 0.449. The van der Waals surface area contributed by atoms with Gasteiger partial charge in [0.2, 0.25) is 0 Å². The molecular weight excluding hydrogens is 260 g/mol. The number of nitrogens with zero attached hydrogens (tertiary/aromatic N) is 1. The second kappa shape index (κ2) is 5.95. The molecule has 0 aliphatic rings. The highest BCUT2D eigenvalue weighted by atomic mass is 35.5. The summed E-state index contributed by atoms with van der Waals surface area (Å²) in [7, 11) is 3.62. The van der Waals surface area contributed by atoms with Gasteiger partial charge in [-0.25, -0.2) is 0 Å². The molecule has 4 heteroatoms. The summed E-state index contributed by atoms with van der Waals surface area (Å²) in [4.78, 5) is 2.02. The second-order valence-corrected chi connectivity index (χ2v) is 4.62. The molecule has 0 saturated heterocycles. The summed E-state index contributed by atoms with van der Waals surface area (Å²) >= 11 is 6.30. The minimum atomic E-state index is 0.449. The lowest BCUT2D eigenvalue weighted by Gasteiger charge is -2.24. The number of hydrogen-bond donors (Lipinski definition) is 1. The Labute approximate surface area is 118 Å². The molecule has 2 aromatic carbocycles. The van der Waals surface area contributed by atoms with E-state index < -0.39 is 0 Å². The molecular formula is C15H17ClN2O. The van der Waals surface area contributed by atoms with Crippen molar-refractivity contribution in [3.05, 3.63) is 53.1 Å². The molecule has 2 aromatic rings. The van der Waals surface area contributed by atoms with Gasteiger partial charge in [0.25, 0.3) is 0 Å². The molecule has 0 spiro atoms. The van der Waals surface area contributed by atoms with Crippen molar-refractivity contribution in [2.24, 2.45) is 5.73 Å². The summed E-state index contributed by atoms with van der Waals surface area (Å²) in [6, 6.07) is 13.6. The maximum absolute atomic E-state index is 6.30. The fourth-order valence-corrected chi connectivity index (χ4v) is 2.37. The lowest BCUT2D eigenvalue weighted by Crippen LogP contribution is -2.14. The molecule has 0 unspecified atom stereocenters. The number of benzene rings is 2. The van der Waals surface area contributed by atoms with E-state index in [9.17, 15) is 0 Å². The summed E-state index contributed by atoms with van der Waals surface area (Å²) in [5.74, 6) is 0.811. The van der Waals surface area contributed by atoms with Gasteiger partial charge in [0.05, 0.1) is 17.8 Å². The van der Waals surface area contributed by atoms with Crippen LogP contribution in [0.15, 0.2) is 42.5 Å². The second-order valence-electron chi connectivity index (χ2n) is 4.21. The van der Waals surface area contributed by atoms with Crippen LogP contribution < -0.4 is 15.4 Å². The van der Waals surface area contributed by atoms with Gasteiger partial charge in [0.15, 0.2) is 0 Å². The number of rotatable bonds is 4. The molecule has 0 fully saturated rings. The van der Waals surface area contributed by atoms with Crippen LogP contribution in [-0.2, 0) is 6.54 Å². The number of halogens is 1. The number of nitrogens with two attached hydrogens (primary N) is 1. The van der Waals surface area contributed by atoms with Gasteiger partial charge in [-0.05, 0) is 23.8 Å². The zero-order chi connectivity index (χ0) is 13.8. The topological polar surface area (TPSA) is 38.5 Å². The number of ether oxygens (including phenoxy) is 1. The van der Waals surface area contributed by atoms with Crippen LogP contribution in [0, 0.1) is 0 Å². The Morgan fingerprint density at radius 2 is 1.95 bits per heavy atom. The highest BCUT2D eigenvalue weighted by Crippen LogP contribution is 2.34. The van der Waals surface area contributed by atoms with Crippen LogP contribution in [0.25, 0.3) is 0 Å². The van der Waals surface area contributed by atoms with Crippen LogP contribution in [0.2, 0.25) is 5.02 Å². The van der Waals surface area contributed by atoms with E-state index >= 15 is 0 Å². The largest absolute Gasteiger partial charge is 0.497 e. The predicted octanol–water partition coefficient (Wildman–Crippen LogP) is 3.58. The van der Waals surface area contributed by atoms with E-state index in [1.807, 2.05) is 54.4 Å². The fourth-order valence-electron chi connectivity index (χ4n) is 2.05. The van der Waals surface area contributed by atoms with Crippen molar-refractivity contribution in [2.45, 2.75) is 6.54 Å². The average Bonchev–Trinajstić information content (AvgIpc) is 2.46. The summed E-state index contributed by atoms with van der Waals surface area (Å²) in [5, 5.41) is 0.688. The Morgan fingerprint density at radius 3 is 2.63 bits per heavy atom. The monoisotopic (exact) mass is 276 g/mol. The third-order valence-electron chi connectivity index (χ3n) is 3.07. The maximum Gasteiger partial charge on any atom is 0.120 e. The van der Waals surface area contributed by atoms with Crippen molar-refractivity contribution in [1.82, 2.24) is 0 Å². The summed E-state index contributed by atoms with van der Waals surface area (Å²) < 4.78 is 5.24. The fraction of sp³-hybridized carbons (Fsp3) is 0.200. The van der Waals surface area contributed by atoms with Crippen LogP contribution in [0.3, 0.4) is 0 Å². The van der Waals surface area contributed by atoms with E-state index in [-0.39, 0.29) is 0 Å². The molecule has 19 heavy (non-hydrogen) atoms. The van der Waals surface area contributed by atoms with Gasteiger partial charge >= 0.3 is 0 Å². The average molecular weight is 277 g/mol. The van der Waals surface area contributed by atoms with Crippen molar-refractivity contribution in [3.63, 3.8) is 0 Å². The molecule has 0 amide bonds. The van der Waals surface area contributed by atoms with Crippen molar-refractivity contribution in [3.8, 4) is 5.75 Å². The van der Waals surface area contributed by atoms with Gasteiger partial charge in [-0.2, -0.15) is 0 Å². The zero-order valence-electron chi connectivity index (χ0n) is 11.1. The van der Waals surface area contributed by atoms with Gasteiger partial charge in [-0.3, -0.25) is 0 Å². The third-order valence-corrected chi connectivity index (χ3v) is 3.37. The Morgan fingerprint density at radius 1 is 1.21 bits per heavy atom. The number of anilines is 2. The van der Waals surface area contributed by atoms with Gasteiger partial charge in [-0.1, -0.05) is 29.8 Å². The third kappa shape index (κ3) is 2.83. The molecule has 0 aliphatic carbocycles. The predicted molar refractivity (Wildman–Crippen MR) is 80.4 cm³/mol. The first-order valence-corrected chi connectivity index (χ1v) is 6.40. The molecule has 0 aromatic heterocycles. The van der Waals surface area contributed by atoms with Gasteiger partial charge in [0, 0.05) is 25.3 Å². The summed E-state index contributed by atoms with van der Waals surface area (Å²) in [6.07, 6.45) is 0. The van der Waals surface area contributed by atoms with E-state index in [2.05, 4.69) is 0 Å². The lowest BCUT2D eigenvalue weighted by molar-refractivity contribution is 0.415. The molecule has 2 N–H and O–H groups in total. The normalized spacial score (nSPS) is 10.3. The maximum atomic E-state index is 6.30. The minimum absolute atomic E-state index is 0.449. The number of para-hydroxylation sites is 1. The highest BCUT2D eigenvalue weighted by molar-refractivity contribution is 6.33. The Kier molecular flexibility index (Phi) is 4.30. The first-order chi connectivity index (χ1) is 9.17. The molecule has 0 radical (unpaired) electrons. The van der Waals surface area contributed by atoms with Crippen LogP contribution in [0.4, 0.5) is 11.4 Å². The van der Waals surface area contributed by atoms with E-state index in [4.69, 9.17) is 22.1 Å². The first kappa shape index (κ1) is 13.7. The standard InChI is InChI=1S/C15H17ClN2O/c1-18(12-6-4-7-13(9-12)19-2)15-11(10-17)5-3-8-14(15)16/h3-9H,10,17H2,1-2H3. The van der Waals surface area contributed by atoms with E-state index in [0.717, 1.165) is 22.7 Å². The van der Waals surface area contributed by atoms with Gasteiger partial charge < -0.3 is 15.4 Å². The minimum Gasteiger partial charge on any atom is -0.497 e. The Balaban J connectivity index is 2.46. The molecule has 0 saturated carbocycles. The highest BCUT2D eigenvalue weighted by Gasteiger charge is 2.12. The quantitative estimate of drug-likeness (QED) is 0.928. The van der Waals surface area contributed by atoms with Crippen LogP contribution >= 0.6 is 11.6 Å². The SMILES string of the molecule is COc1cccc(N(C)c2c(Cl)cccc2CN)c1. The number of hydrogen-bond acceptors (Lipinski definition) is 3. The smallest absolute Gasteiger partial charge is 0.120 e. The first-order valence-electron chi connectivity index (χ1n) is 6.02. The van der Waals surface area contributed by atoms with E-state index in [1.165, 1.54) is 0 Å². The number of methoxy groups -OCH3 is 1.